The van der Waals surface area contributed by atoms with Crippen molar-refractivity contribution in [3.8, 4) is 0 Å². The number of thioether (sulfide) groups is 1. The predicted octanol–water partition coefficient (Wildman–Crippen LogP) is 1.38. The van der Waals surface area contributed by atoms with Gasteiger partial charge >= 0.3 is 0 Å². The highest BCUT2D eigenvalue weighted by atomic mass is 32.2. The van der Waals surface area contributed by atoms with E-state index >= 15 is 0 Å². The SMILES string of the molecule is CNS(=O)(=O)c1c(F)c(F)c(SCCNC(C)=O)c(F)c1F. The molecule has 11 heteroatoms. The van der Waals surface area contributed by atoms with Crippen LogP contribution >= 0.6 is 11.8 Å². The van der Waals surface area contributed by atoms with Crippen LogP contribution in [0.2, 0.25) is 0 Å². The molecule has 0 fully saturated rings. The van der Waals surface area contributed by atoms with Gasteiger partial charge in [0.1, 0.15) is 0 Å². The molecule has 0 aliphatic carbocycles. The van der Waals surface area contributed by atoms with Crippen molar-refractivity contribution < 1.29 is 30.8 Å². The lowest BCUT2D eigenvalue weighted by atomic mass is 10.3. The minimum atomic E-state index is -4.70. The van der Waals surface area contributed by atoms with E-state index in [1.165, 1.54) is 6.92 Å². The minimum Gasteiger partial charge on any atom is -0.356 e. The monoisotopic (exact) mass is 360 g/mol. The molecule has 22 heavy (non-hydrogen) atoms. The normalized spacial score (nSPS) is 11.5. The van der Waals surface area contributed by atoms with E-state index in [4.69, 9.17) is 0 Å². The highest BCUT2D eigenvalue weighted by Crippen LogP contribution is 2.33. The third-order valence-electron chi connectivity index (χ3n) is 2.44. The van der Waals surface area contributed by atoms with Crippen LogP contribution in [0.5, 0.6) is 0 Å². The molecule has 0 aliphatic heterocycles. The maximum Gasteiger partial charge on any atom is 0.246 e. The molecule has 1 aromatic rings. The first-order valence-corrected chi connectivity index (χ1v) is 8.27. The van der Waals surface area contributed by atoms with Crippen molar-refractivity contribution >= 4 is 27.7 Å². The molecule has 0 aliphatic rings. The Morgan fingerprint density at radius 2 is 1.59 bits per heavy atom. The van der Waals surface area contributed by atoms with Crippen LogP contribution in [0.25, 0.3) is 0 Å². The maximum absolute atomic E-state index is 13.8. The first-order valence-electron chi connectivity index (χ1n) is 5.80. The molecule has 2 N–H and O–H groups in total. The quantitative estimate of drug-likeness (QED) is 0.348. The van der Waals surface area contributed by atoms with E-state index < -0.39 is 43.1 Å². The number of benzene rings is 1. The number of amides is 1. The van der Waals surface area contributed by atoms with Gasteiger partial charge in [0, 0.05) is 19.2 Å². The Hall–Kier alpha value is -1.33. The molecule has 0 saturated carbocycles. The van der Waals surface area contributed by atoms with Crippen LogP contribution in [0.1, 0.15) is 6.92 Å². The van der Waals surface area contributed by atoms with Crippen LogP contribution in [0.3, 0.4) is 0 Å². The molecule has 0 atom stereocenters. The maximum atomic E-state index is 13.8. The summed E-state index contributed by atoms with van der Waals surface area (Å²) in [7, 11) is -3.86. The fourth-order valence-electron chi connectivity index (χ4n) is 1.44. The van der Waals surface area contributed by atoms with Gasteiger partial charge in [-0.15, -0.1) is 11.8 Å². The van der Waals surface area contributed by atoms with Crippen LogP contribution in [-0.2, 0) is 14.8 Å². The van der Waals surface area contributed by atoms with Gasteiger partial charge in [-0.3, -0.25) is 4.79 Å². The smallest absolute Gasteiger partial charge is 0.246 e. The molecule has 0 bridgehead atoms. The fourth-order valence-corrected chi connectivity index (χ4v) is 3.13. The third-order valence-corrected chi connectivity index (χ3v) is 4.93. The topological polar surface area (TPSA) is 75.3 Å². The number of nitrogens with one attached hydrogen (secondary N) is 2. The highest BCUT2D eigenvalue weighted by Gasteiger charge is 2.32. The second kappa shape index (κ2) is 7.29. The summed E-state index contributed by atoms with van der Waals surface area (Å²) in [6.45, 7) is 1.24. The molecular weight excluding hydrogens is 348 g/mol. The van der Waals surface area contributed by atoms with E-state index in [1.807, 2.05) is 0 Å². The van der Waals surface area contributed by atoms with Crippen molar-refractivity contribution in [2.24, 2.45) is 0 Å². The van der Waals surface area contributed by atoms with Gasteiger partial charge in [0.25, 0.3) is 0 Å². The molecule has 0 radical (unpaired) electrons. The summed E-state index contributed by atoms with van der Waals surface area (Å²) in [6, 6.07) is 0. The van der Waals surface area contributed by atoms with E-state index in [2.05, 4.69) is 5.32 Å². The number of hydrogen-bond donors (Lipinski definition) is 2. The largest absolute Gasteiger partial charge is 0.356 e. The number of rotatable bonds is 6. The van der Waals surface area contributed by atoms with E-state index in [-0.39, 0.29) is 18.2 Å². The van der Waals surface area contributed by atoms with Gasteiger partial charge in [0.2, 0.25) is 15.9 Å². The van der Waals surface area contributed by atoms with Crippen LogP contribution in [0.4, 0.5) is 17.6 Å². The summed E-state index contributed by atoms with van der Waals surface area (Å²) in [5.74, 6) is -8.06. The zero-order valence-corrected chi connectivity index (χ0v) is 13.1. The Balaban J connectivity index is 3.21. The summed E-state index contributed by atoms with van der Waals surface area (Å²) in [5, 5.41) is 2.33. The molecule has 0 heterocycles. The third kappa shape index (κ3) is 3.90. The average molecular weight is 360 g/mol. The van der Waals surface area contributed by atoms with Gasteiger partial charge in [0.15, 0.2) is 28.2 Å². The van der Waals surface area contributed by atoms with Crippen LogP contribution in [-0.4, -0.2) is 33.7 Å². The van der Waals surface area contributed by atoms with Crippen molar-refractivity contribution in [3.05, 3.63) is 23.3 Å². The number of carbonyl (C=O) groups excluding carboxylic acids is 1. The van der Waals surface area contributed by atoms with Crippen molar-refractivity contribution in [2.45, 2.75) is 16.7 Å². The zero-order valence-electron chi connectivity index (χ0n) is 11.5. The van der Waals surface area contributed by atoms with Crippen molar-refractivity contribution in [1.82, 2.24) is 10.0 Å². The van der Waals surface area contributed by atoms with Gasteiger partial charge < -0.3 is 5.32 Å². The molecule has 1 rings (SSSR count). The van der Waals surface area contributed by atoms with E-state index in [0.29, 0.717) is 11.8 Å². The second-order valence-corrected chi connectivity index (χ2v) is 6.88. The summed E-state index contributed by atoms with van der Waals surface area (Å²) >= 11 is 0.411. The summed E-state index contributed by atoms with van der Waals surface area (Å²) in [4.78, 5) is 7.92. The summed E-state index contributed by atoms with van der Waals surface area (Å²) in [6.07, 6.45) is 0. The molecular formula is C11H12F4N2O3S2. The Morgan fingerprint density at radius 1 is 1.09 bits per heavy atom. The Morgan fingerprint density at radius 3 is 2.00 bits per heavy atom. The van der Waals surface area contributed by atoms with E-state index in [9.17, 15) is 30.8 Å². The molecule has 5 nitrogen and oxygen atoms in total. The van der Waals surface area contributed by atoms with Gasteiger partial charge in [0.05, 0.1) is 4.90 Å². The molecule has 0 spiro atoms. The van der Waals surface area contributed by atoms with Gasteiger partial charge in [-0.2, -0.15) is 0 Å². The van der Waals surface area contributed by atoms with Gasteiger partial charge in [-0.25, -0.2) is 30.7 Å². The minimum absolute atomic E-state index is 0.0126. The van der Waals surface area contributed by atoms with Gasteiger partial charge in [-0.1, -0.05) is 0 Å². The van der Waals surface area contributed by atoms with Crippen molar-refractivity contribution in [2.75, 3.05) is 19.3 Å². The molecule has 0 saturated heterocycles. The van der Waals surface area contributed by atoms with E-state index in [0.717, 1.165) is 7.05 Å². The Bertz CT molecular complexity index is 666. The Kier molecular flexibility index (Phi) is 6.20. The number of hydrogen-bond acceptors (Lipinski definition) is 4. The fraction of sp³-hybridized carbons (Fsp3) is 0.364. The van der Waals surface area contributed by atoms with Gasteiger partial charge in [-0.05, 0) is 7.05 Å². The van der Waals surface area contributed by atoms with Crippen molar-refractivity contribution in [3.63, 3.8) is 0 Å². The van der Waals surface area contributed by atoms with Crippen LogP contribution in [0, 0.1) is 23.3 Å². The van der Waals surface area contributed by atoms with E-state index in [1.54, 1.807) is 4.72 Å². The molecule has 0 unspecified atom stereocenters. The number of carbonyl (C=O) groups is 1. The highest BCUT2D eigenvalue weighted by molar-refractivity contribution is 7.99. The molecule has 124 valence electrons. The number of sulfonamides is 1. The van der Waals surface area contributed by atoms with Crippen LogP contribution < -0.4 is 10.0 Å². The predicted molar refractivity (Wildman–Crippen MR) is 71.9 cm³/mol. The lowest BCUT2D eigenvalue weighted by Gasteiger charge is -2.11. The Labute approximate surface area is 128 Å². The second-order valence-electron chi connectivity index (χ2n) is 3.95. The first kappa shape index (κ1) is 18.7. The molecule has 0 aromatic heterocycles. The summed E-state index contributed by atoms with van der Waals surface area (Å²) < 4.78 is 79.4. The first-order chi connectivity index (χ1) is 10.1. The number of halogens is 4. The zero-order chi connectivity index (χ0) is 17.1. The van der Waals surface area contributed by atoms with Crippen LogP contribution in [0.15, 0.2) is 9.79 Å². The summed E-state index contributed by atoms with van der Waals surface area (Å²) in [5.41, 5.74) is 0. The molecule has 1 aromatic carbocycles. The standard InChI is InChI=1S/C11H12F4N2O3S2/c1-5(18)17-3-4-21-10-6(12)8(14)11(9(15)7(10)13)22(19,20)16-2/h16H,3-4H2,1-2H3,(H,17,18). The molecule has 1 amide bonds. The van der Waals surface area contributed by atoms with Crippen molar-refractivity contribution in [1.29, 1.82) is 0 Å². The lowest BCUT2D eigenvalue weighted by Crippen LogP contribution is -2.24. The lowest BCUT2D eigenvalue weighted by molar-refractivity contribution is -0.118. The average Bonchev–Trinajstić information content (AvgIpc) is 2.44.